The van der Waals surface area contributed by atoms with E-state index >= 15 is 0 Å². The van der Waals surface area contributed by atoms with Crippen molar-refractivity contribution >= 4 is 22.3 Å². The number of amides is 1. The number of hydrogen-bond donors (Lipinski definition) is 4. The lowest BCUT2D eigenvalue weighted by Crippen LogP contribution is -2.37. The molecule has 0 aromatic heterocycles. The van der Waals surface area contributed by atoms with E-state index < -0.39 is 34.4 Å². The first kappa shape index (κ1) is 14.8. The third-order valence-electron chi connectivity index (χ3n) is 1.61. The number of carboxylic acids is 1. The molecule has 0 rings (SSSR count). The monoisotopic (exact) mass is 256 g/mol. The molecule has 0 saturated heterocycles. The van der Waals surface area contributed by atoms with Crippen LogP contribution in [0, 0.1) is 0 Å². The Labute approximate surface area is 91.3 Å². The van der Waals surface area contributed by atoms with Gasteiger partial charge in [0.25, 0.3) is 0 Å². The summed E-state index contributed by atoms with van der Waals surface area (Å²) in [6.07, 6.45) is -2.19. The molecule has 6 N–H and O–H groups in total. The van der Waals surface area contributed by atoms with E-state index in [4.69, 9.17) is 21.1 Å². The van der Waals surface area contributed by atoms with Crippen molar-refractivity contribution in [2.24, 2.45) is 11.5 Å². The second-order valence-corrected chi connectivity index (χ2v) is 3.98. The molecule has 0 aliphatic heterocycles. The highest BCUT2D eigenvalue weighted by atomic mass is 32.3. The lowest BCUT2D eigenvalue weighted by molar-refractivity contribution is -0.139. The van der Waals surface area contributed by atoms with Crippen molar-refractivity contribution in [2.75, 3.05) is 0 Å². The molecule has 0 spiro atoms. The molecule has 0 fully saturated rings. The van der Waals surface area contributed by atoms with E-state index in [1.807, 2.05) is 0 Å². The number of carbonyl (C=O) groups excluding carboxylic acids is 1. The van der Waals surface area contributed by atoms with Crippen molar-refractivity contribution in [2.45, 2.75) is 25.0 Å². The zero-order valence-electron chi connectivity index (χ0n) is 8.07. The highest BCUT2D eigenvalue weighted by Crippen LogP contribution is 2.07. The SMILES string of the molecule is NC(=O)[C@@H](CC[C@H](N)C(=O)O)OS(=O)(=O)O. The van der Waals surface area contributed by atoms with E-state index in [2.05, 4.69) is 4.18 Å². The van der Waals surface area contributed by atoms with Crippen LogP contribution in [0.4, 0.5) is 0 Å². The first-order chi connectivity index (χ1) is 7.13. The molecule has 0 heterocycles. The molecular weight excluding hydrogens is 244 g/mol. The Balaban J connectivity index is 4.37. The van der Waals surface area contributed by atoms with Crippen molar-refractivity contribution < 1.29 is 31.8 Å². The van der Waals surface area contributed by atoms with E-state index in [0.717, 1.165) is 0 Å². The van der Waals surface area contributed by atoms with Gasteiger partial charge < -0.3 is 16.6 Å². The number of carboxylic acid groups (broad SMARTS) is 1. The molecule has 0 aliphatic rings. The van der Waals surface area contributed by atoms with Crippen LogP contribution in [-0.4, -0.2) is 42.1 Å². The minimum absolute atomic E-state index is 0.224. The van der Waals surface area contributed by atoms with E-state index in [0.29, 0.717) is 0 Å². The van der Waals surface area contributed by atoms with Gasteiger partial charge >= 0.3 is 16.4 Å². The zero-order chi connectivity index (χ0) is 12.9. The smallest absolute Gasteiger partial charge is 0.398 e. The van der Waals surface area contributed by atoms with Crippen molar-refractivity contribution in [3.8, 4) is 0 Å². The van der Waals surface area contributed by atoms with Crippen LogP contribution in [0.1, 0.15) is 12.8 Å². The second-order valence-electron chi connectivity index (χ2n) is 2.94. The molecule has 16 heavy (non-hydrogen) atoms. The summed E-state index contributed by atoms with van der Waals surface area (Å²) in [5, 5.41) is 8.42. The molecule has 2 atom stereocenters. The summed E-state index contributed by atoms with van der Waals surface area (Å²) in [7, 11) is -4.83. The summed E-state index contributed by atoms with van der Waals surface area (Å²) < 4.78 is 32.8. The average molecular weight is 256 g/mol. The summed E-state index contributed by atoms with van der Waals surface area (Å²) in [4.78, 5) is 21.0. The van der Waals surface area contributed by atoms with Gasteiger partial charge in [0, 0.05) is 0 Å². The fraction of sp³-hybridized carbons (Fsp3) is 0.667. The minimum Gasteiger partial charge on any atom is -0.480 e. The quantitative estimate of drug-likeness (QED) is 0.373. The third-order valence-corrected chi connectivity index (χ3v) is 2.09. The topological polar surface area (TPSA) is 170 Å². The van der Waals surface area contributed by atoms with E-state index in [1.165, 1.54) is 0 Å². The molecule has 0 unspecified atom stereocenters. The third kappa shape index (κ3) is 6.29. The van der Waals surface area contributed by atoms with Crippen molar-refractivity contribution in [3.05, 3.63) is 0 Å². The molecule has 9 nitrogen and oxygen atoms in total. The highest BCUT2D eigenvalue weighted by molar-refractivity contribution is 7.80. The van der Waals surface area contributed by atoms with E-state index in [1.54, 1.807) is 0 Å². The molecule has 0 saturated carbocycles. The molecule has 0 aliphatic carbocycles. The average Bonchev–Trinajstić information content (AvgIpc) is 2.09. The van der Waals surface area contributed by atoms with Crippen LogP contribution in [0.5, 0.6) is 0 Å². The summed E-state index contributed by atoms with van der Waals surface area (Å²) in [5.74, 6) is -2.45. The van der Waals surface area contributed by atoms with Crippen LogP contribution in [0.15, 0.2) is 0 Å². The minimum atomic E-state index is -4.83. The van der Waals surface area contributed by atoms with Gasteiger partial charge in [0.15, 0.2) is 6.10 Å². The van der Waals surface area contributed by atoms with Gasteiger partial charge in [-0.15, -0.1) is 0 Å². The van der Waals surface area contributed by atoms with Crippen LogP contribution >= 0.6 is 0 Å². The van der Waals surface area contributed by atoms with Gasteiger partial charge in [-0.3, -0.25) is 14.1 Å². The number of hydrogen-bond acceptors (Lipinski definition) is 6. The fourth-order valence-corrected chi connectivity index (χ4v) is 1.32. The maximum absolute atomic E-state index is 10.7. The molecule has 10 heteroatoms. The second kappa shape index (κ2) is 5.75. The first-order valence-electron chi connectivity index (χ1n) is 4.07. The standard InChI is InChI=1S/C6H12N2O7S/c7-3(6(10)11)1-2-4(5(8)9)15-16(12,13)14/h3-4H,1-2,7H2,(H2,8,9)(H,10,11)(H,12,13,14)/t3-,4+/m0/s1. The number of rotatable bonds is 7. The largest absolute Gasteiger partial charge is 0.480 e. The summed E-state index contributed by atoms with van der Waals surface area (Å²) in [6, 6.07) is -1.27. The van der Waals surface area contributed by atoms with Crippen molar-refractivity contribution in [1.29, 1.82) is 0 Å². The zero-order valence-corrected chi connectivity index (χ0v) is 8.88. The molecule has 0 bridgehead atoms. The number of primary amides is 1. The normalized spacial score (nSPS) is 15.4. The molecule has 0 aromatic carbocycles. The van der Waals surface area contributed by atoms with Crippen molar-refractivity contribution in [1.82, 2.24) is 0 Å². The van der Waals surface area contributed by atoms with E-state index in [-0.39, 0.29) is 12.8 Å². The summed E-state index contributed by atoms with van der Waals surface area (Å²) in [6.45, 7) is 0. The van der Waals surface area contributed by atoms with Crippen LogP contribution in [-0.2, 0) is 24.2 Å². The van der Waals surface area contributed by atoms with Crippen LogP contribution in [0.25, 0.3) is 0 Å². The Morgan fingerprint density at radius 2 is 1.81 bits per heavy atom. The lowest BCUT2D eigenvalue weighted by atomic mass is 10.1. The van der Waals surface area contributed by atoms with Gasteiger partial charge in [0.05, 0.1) is 0 Å². The van der Waals surface area contributed by atoms with Crippen LogP contribution in [0.2, 0.25) is 0 Å². The molecule has 0 aromatic rings. The van der Waals surface area contributed by atoms with E-state index in [9.17, 15) is 18.0 Å². The van der Waals surface area contributed by atoms with Crippen molar-refractivity contribution in [3.63, 3.8) is 0 Å². The molecule has 94 valence electrons. The van der Waals surface area contributed by atoms with Crippen LogP contribution < -0.4 is 11.5 Å². The van der Waals surface area contributed by atoms with Gasteiger partial charge in [0.1, 0.15) is 6.04 Å². The van der Waals surface area contributed by atoms with Crippen LogP contribution in [0.3, 0.4) is 0 Å². The predicted molar refractivity (Wildman–Crippen MR) is 50.5 cm³/mol. The maximum Gasteiger partial charge on any atom is 0.398 e. The fourth-order valence-electron chi connectivity index (χ4n) is 0.839. The number of aliphatic carboxylic acids is 1. The lowest BCUT2D eigenvalue weighted by Gasteiger charge is -2.13. The Bertz CT molecular complexity index is 365. The molecular formula is C6H12N2O7S. The Hall–Kier alpha value is -1.23. The Morgan fingerprint density at radius 3 is 2.12 bits per heavy atom. The molecule has 0 radical (unpaired) electrons. The van der Waals surface area contributed by atoms with Gasteiger partial charge in [0.2, 0.25) is 5.91 Å². The predicted octanol–water partition coefficient (Wildman–Crippen LogP) is -2.15. The maximum atomic E-state index is 10.7. The van der Waals surface area contributed by atoms with Gasteiger partial charge in [-0.05, 0) is 12.8 Å². The van der Waals surface area contributed by atoms with Gasteiger partial charge in [-0.1, -0.05) is 0 Å². The Morgan fingerprint density at radius 1 is 1.31 bits per heavy atom. The summed E-state index contributed by atoms with van der Waals surface area (Å²) >= 11 is 0. The highest BCUT2D eigenvalue weighted by Gasteiger charge is 2.24. The molecule has 1 amide bonds. The van der Waals surface area contributed by atoms with Gasteiger partial charge in [-0.2, -0.15) is 8.42 Å². The number of carbonyl (C=O) groups is 2. The first-order valence-corrected chi connectivity index (χ1v) is 5.43. The number of nitrogens with two attached hydrogens (primary N) is 2. The Kier molecular flexibility index (Phi) is 5.30. The summed E-state index contributed by atoms with van der Waals surface area (Å²) in [5.41, 5.74) is 9.89. The van der Waals surface area contributed by atoms with Gasteiger partial charge in [-0.25, -0.2) is 4.18 Å².